The van der Waals surface area contributed by atoms with Gasteiger partial charge in [-0.15, -0.1) is 0 Å². The smallest absolute Gasteiger partial charge is 0.0743 e. The molecule has 14 heavy (non-hydrogen) atoms. The third-order valence-electron chi connectivity index (χ3n) is 2.96. The number of piperazine rings is 1. The number of hydrogen-bond acceptors (Lipinski definition) is 3. The first-order chi connectivity index (χ1) is 6.63. The first-order valence-electron chi connectivity index (χ1n) is 5.34. The van der Waals surface area contributed by atoms with Gasteiger partial charge >= 0.3 is 0 Å². The van der Waals surface area contributed by atoms with Crippen molar-refractivity contribution >= 4 is 17.2 Å². The predicted molar refractivity (Wildman–Crippen MR) is 64.6 cm³/mol. The molecule has 3 nitrogen and oxygen atoms in total. The molecule has 1 rings (SSSR count). The molecule has 0 radical (unpaired) electrons. The van der Waals surface area contributed by atoms with E-state index < -0.39 is 0 Å². The number of rotatable bonds is 4. The van der Waals surface area contributed by atoms with Crippen molar-refractivity contribution in [2.24, 2.45) is 5.73 Å². The monoisotopic (exact) mass is 215 g/mol. The summed E-state index contributed by atoms with van der Waals surface area (Å²) < 4.78 is 0. The van der Waals surface area contributed by atoms with Crippen molar-refractivity contribution in [1.29, 1.82) is 0 Å². The average molecular weight is 215 g/mol. The van der Waals surface area contributed by atoms with Gasteiger partial charge in [-0.3, -0.25) is 4.90 Å². The molecule has 0 saturated carbocycles. The Hall–Kier alpha value is -0.190. The molecular weight excluding hydrogens is 194 g/mol. The Balaban J connectivity index is 2.40. The van der Waals surface area contributed by atoms with Crippen molar-refractivity contribution in [3.05, 3.63) is 0 Å². The van der Waals surface area contributed by atoms with Crippen LogP contribution in [0.2, 0.25) is 0 Å². The van der Waals surface area contributed by atoms with Crippen LogP contribution in [0.25, 0.3) is 0 Å². The fourth-order valence-corrected chi connectivity index (χ4v) is 2.14. The highest BCUT2D eigenvalue weighted by Crippen LogP contribution is 2.11. The third-order valence-corrected chi connectivity index (χ3v) is 3.13. The summed E-state index contributed by atoms with van der Waals surface area (Å²) in [4.78, 5) is 5.53. The second-order valence-electron chi connectivity index (χ2n) is 4.07. The zero-order chi connectivity index (χ0) is 10.6. The van der Waals surface area contributed by atoms with Gasteiger partial charge in [-0.1, -0.05) is 19.1 Å². The van der Waals surface area contributed by atoms with Crippen LogP contribution < -0.4 is 5.73 Å². The highest BCUT2D eigenvalue weighted by Gasteiger charge is 2.21. The summed E-state index contributed by atoms with van der Waals surface area (Å²) >= 11 is 4.97. The van der Waals surface area contributed by atoms with Gasteiger partial charge in [0, 0.05) is 38.6 Å². The molecule has 0 bridgehead atoms. The maximum Gasteiger partial charge on any atom is 0.0743 e. The lowest BCUT2D eigenvalue weighted by Gasteiger charge is -2.37. The molecule has 1 aliphatic heterocycles. The molecule has 1 atom stereocenters. The van der Waals surface area contributed by atoms with Crippen LogP contribution in [0.3, 0.4) is 0 Å². The van der Waals surface area contributed by atoms with Crippen LogP contribution in [-0.4, -0.2) is 54.1 Å². The van der Waals surface area contributed by atoms with Crippen LogP contribution in [0.5, 0.6) is 0 Å². The summed E-state index contributed by atoms with van der Waals surface area (Å²) in [5, 5.41) is 0. The van der Waals surface area contributed by atoms with E-state index in [0.717, 1.165) is 39.0 Å². The van der Waals surface area contributed by atoms with Crippen LogP contribution in [-0.2, 0) is 0 Å². The fraction of sp³-hybridized carbons (Fsp3) is 0.900. The molecule has 1 unspecified atom stereocenters. The van der Waals surface area contributed by atoms with Crippen molar-refractivity contribution in [2.45, 2.75) is 25.8 Å². The van der Waals surface area contributed by atoms with Crippen LogP contribution in [0, 0.1) is 0 Å². The highest BCUT2D eigenvalue weighted by atomic mass is 32.1. The minimum absolute atomic E-state index is 0.557. The van der Waals surface area contributed by atoms with E-state index in [-0.39, 0.29) is 0 Å². The van der Waals surface area contributed by atoms with Crippen molar-refractivity contribution in [1.82, 2.24) is 9.80 Å². The van der Waals surface area contributed by atoms with E-state index >= 15 is 0 Å². The maximum absolute atomic E-state index is 5.60. The fourth-order valence-electron chi connectivity index (χ4n) is 1.95. The van der Waals surface area contributed by atoms with Gasteiger partial charge in [-0.2, -0.15) is 0 Å². The normalized spacial score (nSPS) is 22.1. The van der Waals surface area contributed by atoms with E-state index in [1.807, 2.05) is 0 Å². The van der Waals surface area contributed by atoms with E-state index in [4.69, 9.17) is 18.0 Å². The number of likely N-dealkylation sites (N-methyl/N-ethyl adjacent to an activating group) is 1. The number of nitrogens with two attached hydrogens (primary N) is 1. The van der Waals surface area contributed by atoms with Gasteiger partial charge in [-0.05, 0) is 13.5 Å². The Morgan fingerprint density at radius 3 is 2.36 bits per heavy atom. The Morgan fingerprint density at radius 1 is 1.36 bits per heavy atom. The van der Waals surface area contributed by atoms with Gasteiger partial charge in [0.2, 0.25) is 0 Å². The second kappa shape index (κ2) is 5.63. The van der Waals surface area contributed by atoms with Crippen LogP contribution in [0.15, 0.2) is 0 Å². The summed E-state index contributed by atoms with van der Waals surface area (Å²) in [6, 6.07) is 0.557. The molecule has 0 spiro atoms. The first kappa shape index (κ1) is 11.9. The molecule has 0 aromatic rings. The van der Waals surface area contributed by atoms with Gasteiger partial charge in [-0.25, -0.2) is 0 Å². The van der Waals surface area contributed by atoms with Crippen molar-refractivity contribution in [3.63, 3.8) is 0 Å². The molecule has 1 heterocycles. The van der Waals surface area contributed by atoms with Crippen molar-refractivity contribution < 1.29 is 0 Å². The number of nitrogens with zero attached hydrogens (tertiary/aromatic N) is 2. The largest absolute Gasteiger partial charge is 0.393 e. The van der Waals surface area contributed by atoms with Crippen molar-refractivity contribution in [3.8, 4) is 0 Å². The Labute approximate surface area is 92.2 Å². The molecule has 2 N–H and O–H groups in total. The zero-order valence-electron chi connectivity index (χ0n) is 9.20. The first-order valence-corrected chi connectivity index (χ1v) is 5.75. The molecule has 1 aliphatic rings. The topological polar surface area (TPSA) is 32.5 Å². The van der Waals surface area contributed by atoms with E-state index in [1.165, 1.54) is 0 Å². The molecule has 4 heteroatoms. The Kier molecular flexibility index (Phi) is 4.78. The molecule has 82 valence electrons. The van der Waals surface area contributed by atoms with Gasteiger partial charge in [0.15, 0.2) is 0 Å². The lowest BCUT2D eigenvalue weighted by Crippen LogP contribution is -2.49. The molecule has 1 saturated heterocycles. The van der Waals surface area contributed by atoms with Gasteiger partial charge in [0.05, 0.1) is 4.99 Å². The molecule has 1 fully saturated rings. The van der Waals surface area contributed by atoms with Gasteiger partial charge in [0.1, 0.15) is 0 Å². The maximum atomic E-state index is 5.60. The molecule has 0 amide bonds. The minimum Gasteiger partial charge on any atom is -0.393 e. The lowest BCUT2D eigenvalue weighted by atomic mass is 10.1. The van der Waals surface area contributed by atoms with Crippen LogP contribution in [0.1, 0.15) is 19.8 Å². The summed E-state index contributed by atoms with van der Waals surface area (Å²) in [7, 11) is 2.17. The summed E-state index contributed by atoms with van der Waals surface area (Å²) in [5.74, 6) is 0. The SMILES string of the molecule is CCC(CC(N)=S)N1CCN(C)CC1. The molecular formula is C10H21N3S. The van der Waals surface area contributed by atoms with Gasteiger partial charge < -0.3 is 10.6 Å². The Bertz CT molecular complexity index is 188. The third kappa shape index (κ3) is 3.52. The van der Waals surface area contributed by atoms with Crippen molar-refractivity contribution in [2.75, 3.05) is 33.2 Å². The van der Waals surface area contributed by atoms with E-state index in [9.17, 15) is 0 Å². The minimum atomic E-state index is 0.557. The van der Waals surface area contributed by atoms with E-state index in [0.29, 0.717) is 11.0 Å². The predicted octanol–water partition coefficient (Wildman–Crippen LogP) is 0.689. The number of thiocarbonyl (C=S) groups is 1. The standard InChI is InChI=1S/C10H21N3S/c1-3-9(8-10(11)14)13-6-4-12(2)5-7-13/h9H,3-8H2,1-2H3,(H2,11,14). The zero-order valence-corrected chi connectivity index (χ0v) is 10.0. The summed E-state index contributed by atoms with van der Waals surface area (Å²) in [6.45, 7) is 6.83. The lowest BCUT2D eigenvalue weighted by molar-refractivity contribution is 0.112. The summed E-state index contributed by atoms with van der Waals surface area (Å²) in [6.07, 6.45) is 2.01. The van der Waals surface area contributed by atoms with Crippen LogP contribution in [0.4, 0.5) is 0 Å². The van der Waals surface area contributed by atoms with Crippen LogP contribution >= 0.6 is 12.2 Å². The molecule has 0 aliphatic carbocycles. The number of hydrogen-bond donors (Lipinski definition) is 1. The van der Waals surface area contributed by atoms with E-state index in [1.54, 1.807) is 0 Å². The quantitative estimate of drug-likeness (QED) is 0.699. The average Bonchev–Trinajstić information content (AvgIpc) is 2.15. The van der Waals surface area contributed by atoms with E-state index in [2.05, 4.69) is 23.8 Å². The Morgan fingerprint density at radius 2 is 1.93 bits per heavy atom. The highest BCUT2D eigenvalue weighted by molar-refractivity contribution is 7.80. The van der Waals surface area contributed by atoms with Gasteiger partial charge in [0.25, 0.3) is 0 Å². The second-order valence-corrected chi connectivity index (χ2v) is 4.60. The molecule has 0 aromatic heterocycles. The molecule has 0 aromatic carbocycles. The summed E-state index contributed by atoms with van der Waals surface area (Å²) in [5.41, 5.74) is 5.60.